The number of carbonyl (C=O) groups is 1. The fraction of sp³-hybridized carbons (Fsp3) is 0.421. The van der Waals surface area contributed by atoms with Crippen LogP contribution in [0.4, 0.5) is 0 Å². The summed E-state index contributed by atoms with van der Waals surface area (Å²) in [6.07, 6.45) is 3.05. The van der Waals surface area contributed by atoms with Crippen molar-refractivity contribution >= 4 is 5.91 Å². The molecule has 1 aliphatic heterocycles. The standard InChI is InChI=1S/C19H25N5O/c1-3-15(2)14-23-10-9-17-21-22-18(24(17)12-11-23)13-20-19(25)16-7-5-4-6-8-16/h3-8H,9-14H2,1-2H3,(H,20,25). The average molecular weight is 339 g/mol. The summed E-state index contributed by atoms with van der Waals surface area (Å²) in [6, 6.07) is 9.23. The molecule has 1 aromatic heterocycles. The van der Waals surface area contributed by atoms with Crippen molar-refractivity contribution < 1.29 is 4.79 Å². The maximum absolute atomic E-state index is 12.2. The minimum Gasteiger partial charge on any atom is -0.345 e. The lowest BCUT2D eigenvalue weighted by molar-refractivity contribution is 0.0949. The molecule has 6 nitrogen and oxygen atoms in total. The summed E-state index contributed by atoms with van der Waals surface area (Å²) < 4.78 is 2.15. The molecule has 2 aromatic rings. The van der Waals surface area contributed by atoms with E-state index in [2.05, 4.69) is 44.9 Å². The Labute approximate surface area is 148 Å². The number of rotatable bonds is 5. The van der Waals surface area contributed by atoms with Crippen molar-refractivity contribution in [3.05, 3.63) is 59.2 Å². The number of nitrogens with zero attached hydrogens (tertiary/aromatic N) is 4. The van der Waals surface area contributed by atoms with Crippen LogP contribution < -0.4 is 5.32 Å². The van der Waals surface area contributed by atoms with Crippen LogP contribution in [0, 0.1) is 0 Å². The number of benzene rings is 1. The van der Waals surface area contributed by atoms with E-state index in [4.69, 9.17) is 0 Å². The Hall–Kier alpha value is -2.47. The third-order valence-corrected chi connectivity index (χ3v) is 4.60. The van der Waals surface area contributed by atoms with Crippen molar-refractivity contribution in [2.24, 2.45) is 0 Å². The first kappa shape index (κ1) is 17.4. The van der Waals surface area contributed by atoms with Crippen LogP contribution in [0.5, 0.6) is 0 Å². The van der Waals surface area contributed by atoms with Gasteiger partial charge >= 0.3 is 0 Å². The number of amides is 1. The first-order valence-corrected chi connectivity index (χ1v) is 8.75. The molecule has 132 valence electrons. The highest BCUT2D eigenvalue weighted by Gasteiger charge is 2.19. The van der Waals surface area contributed by atoms with Crippen LogP contribution in [0.1, 0.15) is 35.9 Å². The Morgan fingerprint density at radius 1 is 1.20 bits per heavy atom. The maximum atomic E-state index is 12.2. The van der Waals surface area contributed by atoms with E-state index in [1.165, 1.54) is 5.57 Å². The lowest BCUT2D eigenvalue weighted by Crippen LogP contribution is -2.29. The second kappa shape index (κ2) is 8.07. The Morgan fingerprint density at radius 2 is 2.00 bits per heavy atom. The molecule has 3 rings (SSSR count). The van der Waals surface area contributed by atoms with Crippen molar-refractivity contribution in [2.45, 2.75) is 33.4 Å². The molecular formula is C19H25N5O. The Morgan fingerprint density at radius 3 is 2.76 bits per heavy atom. The Bertz CT molecular complexity index is 750. The van der Waals surface area contributed by atoms with E-state index in [0.717, 1.165) is 44.2 Å². The highest BCUT2D eigenvalue weighted by Crippen LogP contribution is 2.11. The smallest absolute Gasteiger partial charge is 0.251 e. The van der Waals surface area contributed by atoms with Gasteiger partial charge < -0.3 is 9.88 Å². The molecule has 1 amide bonds. The first-order chi connectivity index (χ1) is 12.2. The van der Waals surface area contributed by atoms with Crippen molar-refractivity contribution in [1.29, 1.82) is 0 Å². The van der Waals surface area contributed by atoms with Gasteiger partial charge in [-0.05, 0) is 26.0 Å². The van der Waals surface area contributed by atoms with Gasteiger partial charge in [0.05, 0.1) is 6.54 Å². The number of allylic oxidation sites excluding steroid dienone is 1. The normalized spacial score (nSPS) is 15.5. The molecule has 0 atom stereocenters. The van der Waals surface area contributed by atoms with Gasteiger partial charge in [0.25, 0.3) is 5.91 Å². The summed E-state index contributed by atoms with van der Waals surface area (Å²) >= 11 is 0. The van der Waals surface area contributed by atoms with Crippen LogP contribution in [0.3, 0.4) is 0 Å². The van der Waals surface area contributed by atoms with Crippen molar-refractivity contribution in [3.8, 4) is 0 Å². The Balaban J connectivity index is 1.61. The largest absolute Gasteiger partial charge is 0.345 e. The summed E-state index contributed by atoms with van der Waals surface area (Å²) in [7, 11) is 0. The highest BCUT2D eigenvalue weighted by atomic mass is 16.1. The SMILES string of the molecule is CC=C(C)CN1CCc2nnc(CNC(=O)c3ccccc3)n2CC1. The molecule has 1 N–H and O–H groups in total. The minimum absolute atomic E-state index is 0.0862. The van der Waals surface area contributed by atoms with E-state index in [-0.39, 0.29) is 5.91 Å². The molecule has 2 heterocycles. The first-order valence-electron chi connectivity index (χ1n) is 8.75. The molecule has 0 fully saturated rings. The van der Waals surface area contributed by atoms with Crippen LogP contribution in [0.25, 0.3) is 0 Å². The highest BCUT2D eigenvalue weighted by molar-refractivity contribution is 5.93. The summed E-state index contributed by atoms with van der Waals surface area (Å²) in [5, 5.41) is 11.5. The quantitative estimate of drug-likeness (QED) is 0.847. The van der Waals surface area contributed by atoms with E-state index in [1.807, 2.05) is 18.2 Å². The number of hydrogen-bond donors (Lipinski definition) is 1. The van der Waals surface area contributed by atoms with Gasteiger partial charge in [-0.1, -0.05) is 29.8 Å². The molecule has 25 heavy (non-hydrogen) atoms. The van der Waals surface area contributed by atoms with Gasteiger partial charge in [-0.3, -0.25) is 9.69 Å². The fourth-order valence-electron chi connectivity index (χ4n) is 3.01. The number of carbonyl (C=O) groups excluding carboxylic acids is 1. The number of nitrogens with one attached hydrogen (secondary N) is 1. The summed E-state index contributed by atoms with van der Waals surface area (Å²) in [4.78, 5) is 14.6. The van der Waals surface area contributed by atoms with Crippen LogP contribution in [0.15, 0.2) is 42.0 Å². The maximum Gasteiger partial charge on any atom is 0.251 e. The predicted molar refractivity (Wildman–Crippen MR) is 97.2 cm³/mol. The second-order valence-corrected chi connectivity index (χ2v) is 6.39. The number of hydrogen-bond acceptors (Lipinski definition) is 4. The molecular weight excluding hydrogens is 314 g/mol. The molecule has 1 aliphatic rings. The molecule has 0 saturated carbocycles. The second-order valence-electron chi connectivity index (χ2n) is 6.39. The molecule has 6 heteroatoms. The number of fused-ring (bicyclic) bond motifs is 1. The van der Waals surface area contributed by atoms with Gasteiger partial charge in [0, 0.05) is 38.2 Å². The third-order valence-electron chi connectivity index (χ3n) is 4.60. The predicted octanol–water partition coefficient (Wildman–Crippen LogP) is 2.03. The minimum atomic E-state index is -0.0862. The molecule has 0 aliphatic carbocycles. The van der Waals surface area contributed by atoms with Gasteiger partial charge in [0.2, 0.25) is 0 Å². The van der Waals surface area contributed by atoms with E-state index in [1.54, 1.807) is 12.1 Å². The lowest BCUT2D eigenvalue weighted by atomic mass is 10.2. The molecule has 0 bridgehead atoms. The van der Waals surface area contributed by atoms with Crippen LogP contribution >= 0.6 is 0 Å². The van der Waals surface area contributed by atoms with Gasteiger partial charge in [-0.15, -0.1) is 10.2 Å². The monoisotopic (exact) mass is 339 g/mol. The average Bonchev–Trinajstić information content (AvgIpc) is 2.93. The fourth-order valence-corrected chi connectivity index (χ4v) is 3.01. The zero-order valence-corrected chi connectivity index (χ0v) is 14.9. The van der Waals surface area contributed by atoms with Crippen LogP contribution in [0.2, 0.25) is 0 Å². The van der Waals surface area contributed by atoms with Crippen LogP contribution in [-0.4, -0.2) is 45.2 Å². The third kappa shape index (κ3) is 4.33. The van der Waals surface area contributed by atoms with E-state index < -0.39 is 0 Å². The molecule has 1 aromatic carbocycles. The van der Waals surface area contributed by atoms with Crippen molar-refractivity contribution in [1.82, 2.24) is 25.0 Å². The van der Waals surface area contributed by atoms with E-state index >= 15 is 0 Å². The Kier molecular flexibility index (Phi) is 5.60. The van der Waals surface area contributed by atoms with Crippen molar-refractivity contribution in [3.63, 3.8) is 0 Å². The van der Waals surface area contributed by atoms with Gasteiger partial charge in [0.15, 0.2) is 5.82 Å². The van der Waals surface area contributed by atoms with E-state index in [9.17, 15) is 4.79 Å². The van der Waals surface area contributed by atoms with Gasteiger partial charge in [0.1, 0.15) is 5.82 Å². The molecule has 0 unspecified atom stereocenters. The molecule has 0 saturated heterocycles. The topological polar surface area (TPSA) is 63.1 Å². The van der Waals surface area contributed by atoms with Crippen molar-refractivity contribution in [2.75, 3.05) is 19.6 Å². The van der Waals surface area contributed by atoms with Gasteiger partial charge in [-0.2, -0.15) is 0 Å². The summed E-state index contributed by atoms with van der Waals surface area (Å²) in [6.45, 7) is 8.44. The summed E-state index contributed by atoms with van der Waals surface area (Å²) in [5.41, 5.74) is 2.04. The lowest BCUT2D eigenvalue weighted by Gasteiger charge is -2.19. The van der Waals surface area contributed by atoms with E-state index in [0.29, 0.717) is 12.1 Å². The molecule has 0 radical (unpaired) electrons. The number of aromatic nitrogens is 3. The zero-order valence-electron chi connectivity index (χ0n) is 14.9. The summed E-state index contributed by atoms with van der Waals surface area (Å²) in [5.74, 6) is 1.74. The molecule has 0 spiro atoms. The zero-order chi connectivity index (χ0) is 17.6. The van der Waals surface area contributed by atoms with Crippen LogP contribution in [-0.2, 0) is 19.5 Å². The van der Waals surface area contributed by atoms with Gasteiger partial charge in [-0.25, -0.2) is 0 Å².